The molecule has 0 spiro atoms. The summed E-state index contributed by atoms with van der Waals surface area (Å²) in [6.07, 6.45) is 0. The number of thiazole rings is 1. The van der Waals surface area contributed by atoms with Crippen molar-refractivity contribution in [2.45, 2.75) is 6.92 Å². The zero-order valence-corrected chi connectivity index (χ0v) is 15.6. The highest BCUT2D eigenvalue weighted by molar-refractivity contribution is 7.80. The summed E-state index contributed by atoms with van der Waals surface area (Å²) in [7, 11) is 0. The monoisotopic (exact) mass is 391 g/mol. The van der Waals surface area contributed by atoms with Gasteiger partial charge >= 0.3 is 0 Å². The van der Waals surface area contributed by atoms with E-state index in [9.17, 15) is 4.79 Å². The lowest BCUT2D eigenvalue weighted by Gasteiger charge is -2.10. The Kier molecular flexibility index (Phi) is 5.47. The van der Waals surface area contributed by atoms with Crippen LogP contribution in [0, 0.1) is 6.92 Å². The van der Waals surface area contributed by atoms with Crippen molar-refractivity contribution in [3.63, 3.8) is 0 Å². The average molecular weight is 392 g/mol. The first-order chi connectivity index (χ1) is 12.0. The summed E-state index contributed by atoms with van der Waals surface area (Å²) >= 11 is 12.5. The minimum absolute atomic E-state index is 0.123. The first kappa shape index (κ1) is 17.6. The fourth-order valence-electron chi connectivity index (χ4n) is 2.10. The Hall–Kier alpha value is -2.22. The van der Waals surface area contributed by atoms with Gasteiger partial charge in [-0.3, -0.25) is 10.1 Å². The second kappa shape index (κ2) is 7.77. The van der Waals surface area contributed by atoms with Gasteiger partial charge in [0.15, 0.2) is 16.9 Å². The number of amides is 1. The topological polar surface area (TPSA) is 63.2 Å². The standard InChI is InChI=1S/C17H14ClN3O2S2/c1-10-4-2-3-5-13(10)23-9-15(22)20-16(24)21-17-19-12-7-6-11(18)8-14(12)25-17/h2-8H,9H2,1H3,(H2,19,20,21,22,24). The minimum Gasteiger partial charge on any atom is -0.483 e. The fraction of sp³-hybridized carbons (Fsp3) is 0.118. The van der Waals surface area contributed by atoms with E-state index in [1.807, 2.05) is 43.3 Å². The number of carbonyl (C=O) groups is 1. The summed E-state index contributed by atoms with van der Waals surface area (Å²) in [5.74, 6) is 0.324. The molecule has 0 saturated carbocycles. The molecule has 3 aromatic rings. The number of anilines is 1. The maximum absolute atomic E-state index is 11.9. The lowest BCUT2D eigenvalue weighted by Crippen LogP contribution is -2.37. The molecule has 8 heteroatoms. The van der Waals surface area contributed by atoms with Gasteiger partial charge in [-0.15, -0.1) is 0 Å². The highest BCUT2D eigenvalue weighted by Gasteiger charge is 2.10. The molecule has 0 unspecified atom stereocenters. The molecule has 0 aliphatic carbocycles. The molecule has 3 rings (SSSR count). The summed E-state index contributed by atoms with van der Waals surface area (Å²) in [6.45, 7) is 1.79. The Morgan fingerprint density at radius 1 is 1.32 bits per heavy atom. The van der Waals surface area contributed by atoms with Crippen molar-refractivity contribution in [3.8, 4) is 5.75 Å². The Balaban J connectivity index is 1.54. The number of nitrogens with one attached hydrogen (secondary N) is 2. The first-order valence-corrected chi connectivity index (χ1v) is 8.97. The summed E-state index contributed by atoms with van der Waals surface area (Å²) in [4.78, 5) is 16.3. The molecular weight excluding hydrogens is 378 g/mol. The third-order valence-electron chi connectivity index (χ3n) is 3.28. The molecular formula is C17H14ClN3O2S2. The third kappa shape index (κ3) is 4.66. The number of benzene rings is 2. The Labute approximate surface area is 159 Å². The van der Waals surface area contributed by atoms with Gasteiger partial charge in [0, 0.05) is 5.02 Å². The van der Waals surface area contributed by atoms with Gasteiger partial charge < -0.3 is 10.1 Å². The molecule has 1 heterocycles. The SMILES string of the molecule is Cc1ccccc1OCC(=O)NC(=S)Nc1nc2ccc(Cl)cc2s1. The molecule has 128 valence electrons. The maximum Gasteiger partial charge on any atom is 0.264 e. The van der Waals surface area contributed by atoms with Crippen LogP contribution in [0.25, 0.3) is 10.2 Å². The molecule has 0 radical (unpaired) electrons. The van der Waals surface area contributed by atoms with E-state index in [1.165, 1.54) is 11.3 Å². The van der Waals surface area contributed by atoms with Crippen molar-refractivity contribution in [1.82, 2.24) is 10.3 Å². The van der Waals surface area contributed by atoms with Crippen molar-refractivity contribution >= 4 is 61.5 Å². The van der Waals surface area contributed by atoms with Crippen molar-refractivity contribution in [1.29, 1.82) is 0 Å². The number of fused-ring (bicyclic) bond motifs is 1. The number of aromatic nitrogens is 1. The van der Waals surface area contributed by atoms with Crippen LogP contribution in [0.2, 0.25) is 5.02 Å². The van der Waals surface area contributed by atoms with Gasteiger partial charge in [0.1, 0.15) is 5.75 Å². The van der Waals surface area contributed by atoms with Crippen LogP contribution in [0.5, 0.6) is 5.75 Å². The van der Waals surface area contributed by atoms with Gasteiger partial charge in [0.05, 0.1) is 10.2 Å². The molecule has 0 fully saturated rings. The van der Waals surface area contributed by atoms with Crippen molar-refractivity contribution in [3.05, 3.63) is 53.1 Å². The Morgan fingerprint density at radius 2 is 2.12 bits per heavy atom. The quantitative estimate of drug-likeness (QED) is 0.654. The molecule has 5 nitrogen and oxygen atoms in total. The second-order valence-corrected chi connectivity index (χ2v) is 7.06. The first-order valence-electron chi connectivity index (χ1n) is 7.36. The smallest absolute Gasteiger partial charge is 0.264 e. The number of ether oxygens (including phenoxy) is 1. The maximum atomic E-state index is 11.9. The number of para-hydroxylation sites is 1. The minimum atomic E-state index is -0.343. The van der Waals surface area contributed by atoms with Gasteiger partial charge in [-0.05, 0) is 49.0 Å². The Bertz CT molecular complexity index is 943. The van der Waals surface area contributed by atoms with Gasteiger partial charge in [-0.25, -0.2) is 4.98 Å². The second-order valence-electron chi connectivity index (χ2n) is 5.19. The highest BCUT2D eigenvalue weighted by Crippen LogP contribution is 2.28. The Morgan fingerprint density at radius 3 is 2.92 bits per heavy atom. The molecule has 2 N–H and O–H groups in total. The summed E-state index contributed by atoms with van der Waals surface area (Å²) < 4.78 is 6.42. The van der Waals surface area contributed by atoms with Crippen LogP contribution in [0.15, 0.2) is 42.5 Å². The molecule has 2 aromatic carbocycles. The third-order valence-corrected chi connectivity index (χ3v) is 4.65. The molecule has 0 aliphatic rings. The molecule has 0 bridgehead atoms. The molecule has 0 saturated heterocycles. The zero-order valence-electron chi connectivity index (χ0n) is 13.2. The molecule has 1 amide bonds. The van der Waals surface area contributed by atoms with Crippen molar-refractivity contribution in [2.75, 3.05) is 11.9 Å². The van der Waals surface area contributed by atoms with E-state index in [1.54, 1.807) is 6.07 Å². The summed E-state index contributed by atoms with van der Waals surface area (Å²) in [5, 5.41) is 6.87. The van der Waals surface area contributed by atoms with Gasteiger partial charge in [0.25, 0.3) is 5.91 Å². The highest BCUT2D eigenvalue weighted by atomic mass is 35.5. The van der Waals surface area contributed by atoms with E-state index in [4.69, 9.17) is 28.6 Å². The number of hydrogen-bond donors (Lipinski definition) is 2. The van der Waals surface area contributed by atoms with E-state index < -0.39 is 0 Å². The largest absolute Gasteiger partial charge is 0.483 e. The van der Waals surface area contributed by atoms with Gasteiger partial charge in [-0.2, -0.15) is 0 Å². The number of aryl methyl sites for hydroxylation is 1. The number of carbonyl (C=O) groups excluding carboxylic acids is 1. The predicted molar refractivity (Wildman–Crippen MR) is 106 cm³/mol. The lowest BCUT2D eigenvalue weighted by atomic mass is 10.2. The summed E-state index contributed by atoms with van der Waals surface area (Å²) in [6, 6.07) is 12.9. The van der Waals surface area contributed by atoms with Crippen LogP contribution in [-0.2, 0) is 4.79 Å². The summed E-state index contributed by atoms with van der Waals surface area (Å²) in [5.41, 5.74) is 1.78. The van der Waals surface area contributed by atoms with Crippen molar-refractivity contribution in [2.24, 2.45) is 0 Å². The van der Waals surface area contributed by atoms with Crippen LogP contribution >= 0.6 is 35.2 Å². The molecule has 0 atom stereocenters. The molecule has 1 aromatic heterocycles. The van der Waals surface area contributed by atoms with E-state index >= 15 is 0 Å². The number of rotatable bonds is 4. The van der Waals surface area contributed by atoms with Crippen LogP contribution < -0.4 is 15.4 Å². The van der Waals surface area contributed by atoms with Crippen LogP contribution in [0.4, 0.5) is 5.13 Å². The predicted octanol–water partition coefficient (Wildman–Crippen LogP) is 4.15. The van der Waals surface area contributed by atoms with Gasteiger partial charge in [-0.1, -0.05) is 41.1 Å². The molecule has 25 heavy (non-hydrogen) atoms. The van der Waals surface area contributed by atoms with E-state index in [-0.39, 0.29) is 17.6 Å². The number of nitrogens with zero attached hydrogens (tertiary/aromatic N) is 1. The normalized spacial score (nSPS) is 10.5. The zero-order chi connectivity index (χ0) is 17.8. The van der Waals surface area contributed by atoms with Crippen LogP contribution in [-0.4, -0.2) is 22.6 Å². The van der Waals surface area contributed by atoms with Crippen molar-refractivity contribution < 1.29 is 9.53 Å². The van der Waals surface area contributed by atoms with Crippen LogP contribution in [0.1, 0.15) is 5.56 Å². The average Bonchev–Trinajstić information content (AvgIpc) is 2.95. The van der Waals surface area contributed by atoms with E-state index in [2.05, 4.69) is 15.6 Å². The lowest BCUT2D eigenvalue weighted by molar-refractivity contribution is -0.121. The van der Waals surface area contributed by atoms with Gasteiger partial charge in [0.2, 0.25) is 0 Å². The number of halogens is 1. The van der Waals surface area contributed by atoms with E-state index in [0.717, 1.165) is 15.8 Å². The molecule has 0 aliphatic heterocycles. The number of thiocarbonyl (C=S) groups is 1. The number of hydrogen-bond acceptors (Lipinski definition) is 5. The van der Waals surface area contributed by atoms with E-state index in [0.29, 0.717) is 15.9 Å². The van der Waals surface area contributed by atoms with Crippen LogP contribution in [0.3, 0.4) is 0 Å². The fourth-order valence-corrected chi connectivity index (χ4v) is 3.53.